The van der Waals surface area contributed by atoms with Crippen molar-refractivity contribution in [1.29, 1.82) is 0 Å². The first kappa shape index (κ1) is 21.4. The maximum Gasteiger partial charge on any atom is 0.261 e. The second-order valence-electron chi connectivity index (χ2n) is 6.11. The number of carbonyl (C=O) groups is 1. The van der Waals surface area contributed by atoms with Crippen molar-refractivity contribution in [3.63, 3.8) is 0 Å². The number of rotatable bonds is 5. The first-order valence-corrected chi connectivity index (χ1v) is 10.6. The fraction of sp³-hybridized carbons (Fsp3) is 0.0455. The zero-order chi connectivity index (χ0) is 21.6. The molecule has 152 valence electrons. The number of hydrogen-bond acceptors (Lipinski definition) is 3. The maximum atomic E-state index is 13.2. The SMILES string of the molecule is O=C(NCC#Cc1ccccc1)c1ccc(NS(=O)(=O)c2ccc(F)c(Cl)c2)cc1. The minimum atomic E-state index is -3.95. The smallest absolute Gasteiger partial charge is 0.261 e. The highest BCUT2D eigenvalue weighted by atomic mass is 35.5. The summed E-state index contributed by atoms with van der Waals surface area (Å²) < 4.78 is 40.4. The normalized spacial score (nSPS) is 10.6. The van der Waals surface area contributed by atoms with Crippen molar-refractivity contribution in [3.8, 4) is 11.8 Å². The highest BCUT2D eigenvalue weighted by molar-refractivity contribution is 7.92. The van der Waals surface area contributed by atoms with Crippen LogP contribution in [0.25, 0.3) is 0 Å². The lowest BCUT2D eigenvalue weighted by atomic mass is 10.2. The van der Waals surface area contributed by atoms with Crippen LogP contribution in [-0.4, -0.2) is 20.9 Å². The first-order chi connectivity index (χ1) is 14.3. The fourth-order valence-electron chi connectivity index (χ4n) is 2.44. The van der Waals surface area contributed by atoms with Crippen molar-refractivity contribution in [1.82, 2.24) is 5.32 Å². The second-order valence-corrected chi connectivity index (χ2v) is 8.20. The van der Waals surface area contributed by atoms with E-state index in [-0.39, 0.29) is 28.1 Å². The molecule has 0 spiro atoms. The van der Waals surface area contributed by atoms with Crippen LogP contribution in [0.15, 0.2) is 77.7 Å². The molecule has 5 nitrogen and oxygen atoms in total. The van der Waals surface area contributed by atoms with E-state index in [4.69, 9.17) is 11.6 Å². The largest absolute Gasteiger partial charge is 0.341 e. The van der Waals surface area contributed by atoms with Gasteiger partial charge in [0.05, 0.1) is 16.5 Å². The molecule has 0 aromatic heterocycles. The zero-order valence-electron chi connectivity index (χ0n) is 15.5. The lowest BCUT2D eigenvalue weighted by molar-refractivity contribution is 0.0958. The molecule has 8 heteroatoms. The van der Waals surface area contributed by atoms with Gasteiger partial charge >= 0.3 is 0 Å². The number of benzene rings is 3. The Bertz CT molecular complexity index is 1220. The summed E-state index contributed by atoms with van der Waals surface area (Å²) in [5.74, 6) is 4.75. The number of hydrogen-bond donors (Lipinski definition) is 2. The fourth-order valence-corrected chi connectivity index (χ4v) is 3.77. The van der Waals surface area contributed by atoms with Gasteiger partial charge in [0.25, 0.3) is 15.9 Å². The third-order valence-electron chi connectivity index (χ3n) is 3.94. The molecule has 0 heterocycles. The summed E-state index contributed by atoms with van der Waals surface area (Å²) in [4.78, 5) is 12.0. The van der Waals surface area contributed by atoms with Crippen LogP contribution in [0.4, 0.5) is 10.1 Å². The molecular formula is C22H16ClFN2O3S. The highest BCUT2D eigenvalue weighted by Crippen LogP contribution is 2.22. The molecule has 0 aliphatic rings. The molecule has 3 aromatic rings. The summed E-state index contributed by atoms with van der Waals surface area (Å²) in [6.07, 6.45) is 0. The molecule has 0 saturated carbocycles. The summed E-state index contributed by atoms with van der Waals surface area (Å²) in [5, 5.41) is 2.38. The molecule has 0 atom stereocenters. The van der Waals surface area contributed by atoms with Gasteiger partial charge in [-0.25, -0.2) is 12.8 Å². The van der Waals surface area contributed by atoms with E-state index in [2.05, 4.69) is 21.9 Å². The summed E-state index contributed by atoms with van der Waals surface area (Å²) in [6, 6.07) is 18.4. The van der Waals surface area contributed by atoms with Crippen LogP contribution in [0, 0.1) is 17.7 Å². The van der Waals surface area contributed by atoms with Crippen molar-refractivity contribution in [2.75, 3.05) is 11.3 Å². The van der Waals surface area contributed by atoms with Crippen LogP contribution < -0.4 is 10.0 Å². The van der Waals surface area contributed by atoms with E-state index in [0.29, 0.717) is 5.56 Å². The van der Waals surface area contributed by atoms with Gasteiger partial charge in [0, 0.05) is 16.8 Å². The van der Waals surface area contributed by atoms with Gasteiger partial charge in [0.1, 0.15) is 5.82 Å². The number of sulfonamides is 1. The highest BCUT2D eigenvalue weighted by Gasteiger charge is 2.16. The Morgan fingerprint density at radius 1 is 1.00 bits per heavy atom. The number of nitrogens with one attached hydrogen (secondary N) is 2. The third kappa shape index (κ3) is 5.60. The van der Waals surface area contributed by atoms with Crippen LogP contribution in [0.5, 0.6) is 0 Å². The van der Waals surface area contributed by atoms with E-state index >= 15 is 0 Å². The Labute approximate surface area is 178 Å². The zero-order valence-corrected chi connectivity index (χ0v) is 17.1. The molecule has 0 aliphatic heterocycles. The van der Waals surface area contributed by atoms with Crippen LogP contribution in [-0.2, 0) is 10.0 Å². The number of halogens is 2. The lowest BCUT2D eigenvalue weighted by Gasteiger charge is -2.09. The number of amides is 1. The maximum absolute atomic E-state index is 13.2. The van der Waals surface area contributed by atoms with E-state index in [0.717, 1.165) is 23.8 Å². The summed E-state index contributed by atoms with van der Waals surface area (Å²) in [7, 11) is -3.95. The predicted molar refractivity (Wildman–Crippen MR) is 114 cm³/mol. The summed E-state index contributed by atoms with van der Waals surface area (Å²) >= 11 is 5.64. The molecule has 0 aliphatic carbocycles. The van der Waals surface area contributed by atoms with Crippen LogP contribution in [0.1, 0.15) is 15.9 Å². The molecule has 0 saturated heterocycles. The van der Waals surface area contributed by atoms with Crippen molar-refractivity contribution < 1.29 is 17.6 Å². The monoisotopic (exact) mass is 442 g/mol. The minimum absolute atomic E-state index is 0.173. The van der Waals surface area contributed by atoms with Crippen molar-refractivity contribution in [3.05, 3.63) is 94.8 Å². The van der Waals surface area contributed by atoms with E-state index in [1.165, 1.54) is 24.3 Å². The average molecular weight is 443 g/mol. The Morgan fingerprint density at radius 3 is 2.37 bits per heavy atom. The molecule has 30 heavy (non-hydrogen) atoms. The Kier molecular flexibility index (Phi) is 6.72. The third-order valence-corrected chi connectivity index (χ3v) is 5.61. The van der Waals surface area contributed by atoms with Gasteiger partial charge in [-0.15, -0.1) is 0 Å². The standard InChI is InChI=1S/C22H16ClFN2O3S/c23-20-15-19(12-13-21(20)24)30(28,29)26-18-10-8-17(9-11-18)22(27)25-14-4-7-16-5-2-1-3-6-16/h1-3,5-6,8-13,15,26H,14H2,(H,25,27). The van der Waals surface area contributed by atoms with Gasteiger partial charge in [-0.2, -0.15) is 0 Å². The van der Waals surface area contributed by atoms with Gasteiger partial charge < -0.3 is 5.32 Å². The van der Waals surface area contributed by atoms with E-state index in [1.807, 2.05) is 30.3 Å². The van der Waals surface area contributed by atoms with Crippen LogP contribution in [0.2, 0.25) is 5.02 Å². The van der Waals surface area contributed by atoms with Crippen molar-refractivity contribution >= 4 is 33.2 Å². The molecule has 3 aromatic carbocycles. The molecule has 0 fully saturated rings. The molecule has 0 unspecified atom stereocenters. The van der Waals surface area contributed by atoms with E-state index < -0.39 is 15.8 Å². The minimum Gasteiger partial charge on any atom is -0.341 e. The average Bonchev–Trinajstić information content (AvgIpc) is 2.74. The Morgan fingerprint density at radius 2 is 1.70 bits per heavy atom. The first-order valence-electron chi connectivity index (χ1n) is 8.75. The second kappa shape index (κ2) is 9.44. The number of carbonyl (C=O) groups excluding carboxylic acids is 1. The van der Waals surface area contributed by atoms with Crippen molar-refractivity contribution in [2.45, 2.75) is 4.90 Å². The molecule has 3 rings (SSSR count). The molecule has 2 N–H and O–H groups in total. The van der Waals surface area contributed by atoms with Crippen molar-refractivity contribution in [2.24, 2.45) is 0 Å². The van der Waals surface area contributed by atoms with Crippen LogP contribution >= 0.6 is 11.6 Å². The van der Waals surface area contributed by atoms with Gasteiger partial charge in [0.15, 0.2) is 0 Å². The van der Waals surface area contributed by atoms with E-state index in [1.54, 1.807) is 0 Å². The molecule has 0 bridgehead atoms. The topological polar surface area (TPSA) is 75.3 Å². The van der Waals surface area contributed by atoms with Crippen LogP contribution in [0.3, 0.4) is 0 Å². The molecule has 1 amide bonds. The van der Waals surface area contributed by atoms with E-state index in [9.17, 15) is 17.6 Å². The predicted octanol–water partition coefficient (Wildman–Crippen LogP) is 4.06. The van der Waals surface area contributed by atoms with Gasteiger partial charge in [-0.3, -0.25) is 9.52 Å². The Hall–Kier alpha value is -3.34. The summed E-state index contributed by atoms with van der Waals surface area (Å²) in [5.41, 5.74) is 1.45. The number of anilines is 1. The quantitative estimate of drug-likeness (QED) is 0.585. The summed E-state index contributed by atoms with van der Waals surface area (Å²) in [6.45, 7) is 0.174. The molecule has 0 radical (unpaired) electrons. The molecular weight excluding hydrogens is 427 g/mol. The lowest BCUT2D eigenvalue weighted by Crippen LogP contribution is -2.23. The Balaban J connectivity index is 1.61. The van der Waals surface area contributed by atoms with Gasteiger partial charge in [-0.1, -0.05) is 41.6 Å². The van der Waals surface area contributed by atoms with Gasteiger partial charge in [0.2, 0.25) is 0 Å². The van der Waals surface area contributed by atoms with Gasteiger partial charge in [-0.05, 0) is 54.6 Å².